The molecule has 2 atom stereocenters. The van der Waals surface area contributed by atoms with Crippen molar-refractivity contribution in [3.8, 4) is 0 Å². The molecule has 1 amide bonds. The smallest absolute Gasteiger partial charge is 0.256 e. The molecule has 1 aromatic rings. The van der Waals surface area contributed by atoms with Crippen molar-refractivity contribution in [1.82, 2.24) is 4.90 Å². The van der Waals surface area contributed by atoms with Crippen molar-refractivity contribution in [3.63, 3.8) is 0 Å². The number of amides is 1. The van der Waals surface area contributed by atoms with Gasteiger partial charge in [-0.15, -0.1) is 0 Å². The predicted molar refractivity (Wildman–Crippen MR) is 71.8 cm³/mol. The van der Waals surface area contributed by atoms with Crippen LogP contribution < -0.4 is 5.73 Å². The number of rotatable bonds is 1. The fraction of sp³-hybridized carbons (Fsp3) is 0.462. The van der Waals surface area contributed by atoms with Crippen molar-refractivity contribution in [2.45, 2.75) is 19.4 Å². The number of likely N-dealkylation sites (tertiary alicyclic amines) is 1. The Balaban J connectivity index is 2.16. The summed E-state index contributed by atoms with van der Waals surface area (Å²) in [5.41, 5.74) is 6.04. The van der Waals surface area contributed by atoms with Crippen LogP contribution in [0.15, 0.2) is 22.7 Å². The maximum absolute atomic E-state index is 13.7. The standard InChI is InChI=1S/C13H16BrFN2O/c1-8-7-17(5-4-12(8)16)13(18)10-3-2-9(14)6-11(10)15/h2-3,6,8,12H,4-5,7,16H2,1H3. The number of halogens is 2. The lowest BCUT2D eigenvalue weighted by Crippen LogP contribution is -2.48. The van der Waals surface area contributed by atoms with Gasteiger partial charge in [-0.05, 0) is 30.5 Å². The largest absolute Gasteiger partial charge is 0.338 e. The van der Waals surface area contributed by atoms with E-state index < -0.39 is 5.82 Å². The predicted octanol–water partition coefficient (Wildman–Crippen LogP) is 2.40. The van der Waals surface area contributed by atoms with Crippen LogP contribution in [0.1, 0.15) is 23.7 Å². The average molecular weight is 315 g/mol. The van der Waals surface area contributed by atoms with E-state index in [1.807, 2.05) is 6.92 Å². The lowest BCUT2D eigenvalue weighted by Gasteiger charge is -2.35. The van der Waals surface area contributed by atoms with Crippen LogP contribution in [0.4, 0.5) is 4.39 Å². The van der Waals surface area contributed by atoms with Crippen LogP contribution in [-0.2, 0) is 0 Å². The summed E-state index contributed by atoms with van der Waals surface area (Å²) in [5, 5.41) is 0. The Kier molecular flexibility index (Phi) is 4.02. The monoisotopic (exact) mass is 314 g/mol. The highest BCUT2D eigenvalue weighted by Crippen LogP contribution is 2.20. The Bertz CT molecular complexity index is 466. The van der Waals surface area contributed by atoms with Crippen LogP contribution in [0.3, 0.4) is 0 Å². The molecule has 5 heteroatoms. The summed E-state index contributed by atoms with van der Waals surface area (Å²) in [6, 6.07) is 4.63. The molecule has 2 unspecified atom stereocenters. The van der Waals surface area contributed by atoms with Gasteiger partial charge < -0.3 is 10.6 Å². The zero-order valence-corrected chi connectivity index (χ0v) is 11.8. The minimum atomic E-state index is -0.489. The summed E-state index contributed by atoms with van der Waals surface area (Å²) in [6.45, 7) is 3.21. The van der Waals surface area contributed by atoms with Gasteiger partial charge in [-0.1, -0.05) is 22.9 Å². The minimum absolute atomic E-state index is 0.126. The van der Waals surface area contributed by atoms with E-state index in [1.165, 1.54) is 12.1 Å². The molecule has 3 nitrogen and oxygen atoms in total. The van der Waals surface area contributed by atoms with Gasteiger partial charge in [0.25, 0.3) is 5.91 Å². The van der Waals surface area contributed by atoms with E-state index in [1.54, 1.807) is 11.0 Å². The highest BCUT2D eigenvalue weighted by atomic mass is 79.9. The van der Waals surface area contributed by atoms with Crippen LogP contribution >= 0.6 is 15.9 Å². The van der Waals surface area contributed by atoms with Gasteiger partial charge in [0.15, 0.2) is 0 Å². The molecule has 18 heavy (non-hydrogen) atoms. The summed E-state index contributed by atoms with van der Waals surface area (Å²) in [7, 11) is 0. The summed E-state index contributed by atoms with van der Waals surface area (Å²) < 4.78 is 14.4. The number of carbonyl (C=O) groups is 1. The van der Waals surface area contributed by atoms with E-state index in [-0.39, 0.29) is 23.4 Å². The number of nitrogens with zero attached hydrogens (tertiary/aromatic N) is 1. The molecule has 98 valence electrons. The molecule has 2 N–H and O–H groups in total. The van der Waals surface area contributed by atoms with Gasteiger partial charge in [-0.3, -0.25) is 4.79 Å². The second-order valence-electron chi connectivity index (χ2n) is 4.81. The van der Waals surface area contributed by atoms with Crippen molar-refractivity contribution < 1.29 is 9.18 Å². The molecule has 1 aliphatic rings. The van der Waals surface area contributed by atoms with E-state index in [0.29, 0.717) is 17.6 Å². The zero-order valence-electron chi connectivity index (χ0n) is 10.2. The Morgan fingerprint density at radius 1 is 1.56 bits per heavy atom. The van der Waals surface area contributed by atoms with Gasteiger partial charge in [-0.25, -0.2) is 4.39 Å². The van der Waals surface area contributed by atoms with Gasteiger partial charge >= 0.3 is 0 Å². The second kappa shape index (κ2) is 5.36. The molecule has 0 aromatic heterocycles. The Hall–Kier alpha value is -0.940. The van der Waals surface area contributed by atoms with Crippen molar-refractivity contribution in [2.75, 3.05) is 13.1 Å². The highest BCUT2D eigenvalue weighted by molar-refractivity contribution is 9.10. The number of benzene rings is 1. The van der Waals surface area contributed by atoms with Gasteiger partial charge in [0.05, 0.1) is 5.56 Å². The number of nitrogens with two attached hydrogens (primary N) is 1. The quantitative estimate of drug-likeness (QED) is 0.865. The molecular weight excluding hydrogens is 299 g/mol. The molecule has 1 aliphatic heterocycles. The fourth-order valence-corrected chi connectivity index (χ4v) is 2.51. The third kappa shape index (κ3) is 2.72. The lowest BCUT2D eigenvalue weighted by molar-refractivity contribution is 0.0659. The number of hydrogen-bond acceptors (Lipinski definition) is 2. The molecule has 1 aromatic carbocycles. The molecule has 0 spiro atoms. The van der Waals surface area contributed by atoms with Gasteiger partial charge in [0.1, 0.15) is 5.82 Å². The number of piperidine rings is 1. The van der Waals surface area contributed by atoms with Crippen molar-refractivity contribution in [1.29, 1.82) is 0 Å². The average Bonchev–Trinajstić information content (AvgIpc) is 2.32. The van der Waals surface area contributed by atoms with Crippen molar-refractivity contribution >= 4 is 21.8 Å². The van der Waals surface area contributed by atoms with Gasteiger partial charge in [0.2, 0.25) is 0 Å². The first kappa shape index (κ1) is 13.5. The molecule has 1 fully saturated rings. The lowest BCUT2D eigenvalue weighted by atomic mass is 9.94. The Morgan fingerprint density at radius 2 is 2.28 bits per heavy atom. The van der Waals surface area contributed by atoms with Crippen LogP contribution in [-0.4, -0.2) is 29.9 Å². The van der Waals surface area contributed by atoms with Crippen LogP contribution in [0.5, 0.6) is 0 Å². The minimum Gasteiger partial charge on any atom is -0.338 e. The molecule has 0 radical (unpaired) electrons. The van der Waals surface area contributed by atoms with Crippen molar-refractivity contribution in [3.05, 3.63) is 34.1 Å². The first-order valence-electron chi connectivity index (χ1n) is 5.99. The van der Waals surface area contributed by atoms with E-state index in [4.69, 9.17) is 5.73 Å². The molecule has 2 rings (SSSR count). The van der Waals surface area contributed by atoms with E-state index >= 15 is 0 Å². The molecule has 1 saturated heterocycles. The van der Waals surface area contributed by atoms with Gasteiger partial charge in [0, 0.05) is 23.6 Å². The third-order valence-corrected chi connectivity index (χ3v) is 3.91. The fourth-order valence-electron chi connectivity index (χ4n) is 2.18. The first-order chi connectivity index (χ1) is 8.49. The highest BCUT2D eigenvalue weighted by Gasteiger charge is 2.28. The topological polar surface area (TPSA) is 46.3 Å². The third-order valence-electron chi connectivity index (χ3n) is 3.42. The molecule has 0 aliphatic carbocycles. The van der Waals surface area contributed by atoms with Crippen LogP contribution in [0.2, 0.25) is 0 Å². The van der Waals surface area contributed by atoms with Crippen LogP contribution in [0.25, 0.3) is 0 Å². The molecule has 1 heterocycles. The Morgan fingerprint density at radius 3 is 2.89 bits per heavy atom. The van der Waals surface area contributed by atoms with Crippen LogP contribution in [0, 0.1) is 11.7 Å². The zero-order chi connectivity index (χ0) is 13.3. The van der Waals surface area contributed by atoms with E-state index in [9.17, 15) is 9.18 Å². The molecule has 0 saturated carbocycles. The first-order valence-corrected chi connectivity index (χ1v) is 6.78. The summed E-state index contributed by atoms with van der Waals surface area (Å²) in [4.78, 5) is 13.9. The molecule has 0 bridgehead atoms. The summed E-state index contributed by atoms with van der Waals surface area (Å²) in [5.74, 6) is -0.489. The summed E-state index contributed by atoms with van der Waals surface area (Å²) in [6.07, 6.45) is 0.769. The second-order valence-corrected chi connectivity index (χ2v) is 5.72. The van der Waals surface area contributed by atoms with Crippen molar-refractivity contribution in [2.24, 2.45) is 11.7 Å². The van der Waals surface area contributed by atoms with Gasteiger partial charge in [-0.2, -0.15) is 0 Å². The Labute approximate surface area is 114 Å². The maximum atomic E-state index is 13.7. The summed E-state index contributed by atoms with van der Waals surface area (Å²) >= 11 is 3.18. The molecular formula is C13H16BrFN2O. The SMILES string of the molecule is CC1CN(C(=O)c2ccc(Br)cc2F)CCC1N. The normalized spacial score (nSPS) is 24.1. The van der Waals surface area contributed by atoms with E-state index in [2.05, 4.69) is 15.9 Å². The van der Waals surface area contributed by atoms with E-state index in [0.717, 1.165) is 6.42 Å². The number of carbonyl (C=O) groups excluding carboxylic acids is 1. The number of hydrogen-bond donors (Lipinski definition) is 1. The maximum Gasteiger partial charge on any atom is 0.256 e.